The van der Waals surface area contributed by atoms with Crippen LogP contribution in [0.4, 0.5) is 8.78 Å². The molecule has 7 heteroatoms. The van der Waals surface area contributed by atoms with Crippen molar-refractivity contribution in [1.29, 1.82) is 0 Å². The SMILES string of the molecule is CC(C)CON=Cc1ccc(C(=O)NC(=O)c2c(F)cccc2F)cc1. The van der Waals surface area contributed by atoms with Crippen LogP contribution in [0.2, 0.25) is 0 Å². The zero-order valence-corrected chi connectivity index (χ0v) is 14.3. The van der Waals surface area contributed by atoms with Gasteiger partial charge in [-0.3, -0.25) is 14.9 Å². The average Bonchev–Trinajstić information content (AvgIpc) is 2.59. The molecule has 0 aromatic heterocycles. The number of nitrogens with zero attached hydrogens (tertiary/aromatic N) is 1. The lowest BCUT2D eigenvalue weighted by molar-refractivity contribution is 0.0845. The molecule has 0 aliphatic carbocycles. The van der Waals surface area contributed by atoms with Crippen LogP contribution in [-0.2, 0) is 4.84 Å². The lowest BCUT2D eigenvalue weighted by atomic mass is 10.1. The molecular formula is C19H18F2N2O3. The normalized spacial score (nSPS) is 11.0. The summed E-state index contributed by atoms with van der Waals surface area (Å²) >= 11 is 0. The van der Waals surface area contributed by atoms with Crippen molar-refractivity contribution in [2.24, 2.45) is 11.1 Å². The molecule has 0 radical (unpaired) electrons. The highest BCUT2D eigenvalue weighted by Gasteiger charge is 2.19. The van der Waals surface area contributed by atoms with Gasteiger partial charge >= 0.3 is 0 Å². The summed E-state index contributed by atoms with van der Waals surface area (Å²) in [6.45, 7) is 4.49. The van der Waals surface area contributed by atoms with Crippen LogP contribution >= 0.6 is 0 Å². The van der Waals surface area contributed by atoms with Gasteiger partial charge in [-0.15, -0.1) is 0 Å². The van der Waals surface area contributed by atoms with Crippen molar-refractivity contribution in [3.05, 3.63) is 70.8 Å². The molecule has 0 aliphatic rings. The number of carbonyl (C=O) groups excluding carboxylic acids is 2. The van der Waals surface area contributed by atoms with Gasteiger partial charge in [-0.05, 0) is 35.7 Å². The van der Waals surface area contributed by atoms with Gasteiger partial charge in [0, 0.05) is 5.56 Å². The molecule has 2 aromatic carbocycles. The highest BCUT2D eigenvalue weighted by atomic mass is 19.1. The summed E-state index contributed by atoms with van der Waals surface area (Å²) in [5.41, 5.74) is 0.0547. The molecule has 136 valence electrons. The average molecular weight is 360 g/mol. The van der Waals surface area contributed by atoms with Gasteiger partial charge in [-0.1, -0.05) is 37.2 Å². The van der Waals surface area contributed by atoms with Crippen molar-refractivity contribution in [2.45, 2.75) is 13.8 Å². The molecule has 0 atom stereocenters. The highest BCUT2D eigenvalue weighted by Crippen LogP contribution is 2.12. The summed E-state index contributed by atoms with van der Waals surface area (Å²) in [5.74, 6) is -3.63. The third-order valence-corrected chi connectivity index (χ3v) is 3.27. The summed E-state index contributed by atoms with van der Waals surface area (Å²) in [4.78, 5) is 29.1. The number of benzene rings is 2. The van der Waals surface area contributed by atoms with Gasteiger partial charge in [0.2, 0.25) is 0 Å². The number of oxime groups is 1. The fraction of sp³-hybridized carbons (Fsp3) is 0.211. The van der Waals surface area contributed by atoms with E-state index in [9.17, 15) is 18.4 Å². The maximum absolute atomic E-state index is 13.6. The maximum atomic E-state index is 13.6. The molecular weight excluding hydrogens is 342 g/mol. The minimum absolute atomic E-state index is 0.162. The van der Waals surface area contributed by atoms with Gasteiger partial charge in [0.25, 0.3) is 11.8 Å². The van der Waals surface area contributed by atoms with E-state index in [1.807, 2.05) is 19.2 Å². The Kier molecular flexibility index (Phi) is 6.54. The van der Waals surface area contributed by atoms with Gasteiger partial charge in [0.1, 0.15) is 23.8 Å². The second kappa shape index (κ2) is 8.84. The van der Waals surface area contributed by atoms with E-state index < -0.39 is 29.0 Å². The molecule has 1 N–H and O–H groups in total. The number of carbonyl (C=O) groups is 2. The number of amides is 2. The smallest absolute Gasteiger partial charge is 0.264 e. The molecule has 2 rings (SSSR count). The second-order valence-electron chi connectivity index (χ2n) is 5.93. The molecule has 0 fully saturated rings. The van der Waals surface area contributed by atoms with E-state index in [-0.39, 0.29) is 5.56 Å². The molecule has 0 heterocycles. The summed E-state index contributed by atoms with van der Waals surface area (Å²) < 4.78 is 27.1. The zero-order chi connectivity index (χ0) is 19.1. The number of imide groups is 1. The van der Waals surface area contributed by atoms with Gasteiger partial charge in [-0.25, -0.2) is 8.78 Å². The quantitative estimate of drug-likeness (QED) is 0.487. The first-order valence-corrected chi connectivity index (χ1v) is 7.93. The Balaban J connectivity index is 2.00. The topological polar surface area (TPSA) is 67.8 Å². The molecule has 2 aromatic rings. The van der Waals surface area contributed by atoms with Gasteiger partial charge in [0.15, 0.2) is 0 Å². The molecule has 0 saturated heterocycles. The Labute approximate surface area is 149 Å². The van der Waals surface area contributed by atoms with E-state index in [0.717, 1.165) is 18.2 Å². The monoisotopic (exact) mass is 360 g/mol. The first-order chi connectivity index (χ1) is 12.4. The third-order valence-electron chi connectivity index (χ3n) is 3.27. The number of hydrogen-bond donors (Lipinski definition) is 1. The first kappa shape index (κ1) is 19.2. The minimum Gasteiger partial charge on any atom is -0.396 e. The standard InChI is InChI=1S/C19H18F2N2O3/c1-12(2)11-26-22-10-13-6-8-14(9-7-13)18(24)23-19(25)17-15(20)4-3-5-16(17)21/h3-10,12H,11H2,1-2H3,(H,23,24,25). The van der Waals surface area contributed by atoms with E-state index in [1.54, 1.807) is 12.1 Å². The van der Waals surface area contributed by atoms with Crippen molar-refractivity contribution in [3.8, 4) is 0 Å². The van der Waals surface area contributed by atoms with Crippen molar-refractivity contribution in [2.75, 3.05) is 6.61 Å². The Bertz CT molecular complexity index is 798. The summed E-state index contributed by atoms with van der Waals surface area (Å²) in [7, 11) is 0. The summed E-state index contributed by atoms with van der Waals surface area (Å²) in [6, 6.07) is 9.15. The molecule has 26 heavy (non-hydrogen) atoms. The van der Waals surface area contributed by atoms with Crippen molar-refractivity contribution in [1.82, 2.24) is 5.32 Å². The van der Waals surface area contributed by atoms with E-state index in [1.165, 1.54) is 18.3 Å². The third kappa shape index (κ3) is 5.20. The first-order valence-electron chi connectivity index (χ1n) is 7.93. The van der Waals surface area contributed by atoms with E-state index in [4.69, 9.17) is 4.84 Å². The van der Waals surface area contributed by atoms with Crippen molar-refractivity contribution >= 4 is 18.0 Å². The Morgan fingerprint density at radius 3 is 2.27 bits per heavy atom. The molecule has 0 spiro atoms. The molecule has 5 nitrogen and oxygen atoms in total. The van der Waals surface area contributed by atoms with Crippen LogP contribution in [-0.4, -0.2) is 24.6 Å². The second-order valence-corrected chi connectivity index (χ2v) is 5.93. The number of rotatable bonds is 6. The summed E-state index contributed by atoms with van der Waals surface area (Å²) in [6.07, 6.45) is 1.49. The molecule has 0 saturated carbocycles. The largest absolute Gasteiger partial charge is 0.396 e. The fourth-order valence-corrected chi connectivity index (χ4v) is 1.96. The van der Waals surface area contributed by atoms with Crippen LogP contribution in [0.25, 0.3) is 0 Å². The fourth-order valence-electron chi connectivity index (χ4n) is 1.96. The zero-order valence-electron chi connectivity index (χ0n) is 14.3. The van der Waals surface area contributed by atoms with Gasteiger partial charge in [0.05, 0.1) is 6.21 Å². The Morgan fingerprint density at radius 1 is 1.08 bits per heavy atom. The number of halogens is 2. The Morgan fingerprint density at radius 2 is 1.69 bits per heavy atom. The molecule has 0 bridgehead atoms. The van der Waals surface area contributed by atoms with Crippen LogP contribution in [0.15, 0.2) is 47.6 Å². The predicted octanol–water partition coefficient (Wildman–Crippen LogP) is 3.54. The maximum Gasteiger partial charge on any atom is 0.264 e. The van der Waals surface area contributed by atoms with Crippen LogP contribution in [0.3, 0.4) is 0 Å². The minimum atomic E-state index is -1.14. The van der Waals surface area contributed by atoms with Gasteiger partial charge < -0.3 is 4.84 Å². The lowest BCUT2D eigenvalue weighted by Gasteiger charge is -2.06. The number of hydrogen-bond acceptors (Lipinski definition) is 4. The van der Waals surface area contributed by atoms with Gasteiger partial charge in [-0.2, -0.15) is 0 Å². The predicted molar refractivity (Wildman–Crippen MR) is 93.0 cm³/mol. The van der Waals surface area contributed by atoms with Crippen LogP contribution in [0.5, 0.6) is 0 Å². The molecule has 0 aliphatic heterocycles. The van der Waals surface area contributed by atoms with Crippen molar-refractivity contribution in [3.63, 3.8) is 0 Å². The lowest BCUT2D eigenvalue weighted by Crippen LogP contribution is -2.31. The molecule has 2 amide bonds. The van der Waals surface area contributed by atoms with E-state index in [2.05, 4.69) is 5.16 Å². The Hall–Kier alpha value is -3.09. The number of nitrogens with one attached hydrogen (secondary N) is 1. The van der Waals surface area contributed by atoms with Crippen LogP contribution in [0.1, 0.15) is 40.1 Å². The highest BCUT2D eigenvalue weighted by molar-refractivity contribution is 6.10. The van der Waals surface area contributed by atoms with Crippen molar-refractivity contribution < 1.29 is 23.2 Å². The molecule has 0 unspecified atom stereocenters. The van der Waals surface area contributed by atoms with Crippen LogP contribution < -0.4 is 5.32 Å². The van der Waals surface area contributed by atoms with Crippen LogP contribution in [0, 0.1) is 17.6 Å². The van der Waals surface area contributed by atoms with E-state index in [0.29, 0.717) is 18.1 Å². The summed E-state index contributed by atoms with van der Waals surface area (Å²) in [5, 5.41) is 5.76. The van der Waals surface area contributed by atoms with E-state index >= 15 is 0 Å².